The quantitative estimate of drug-likeness (QED) is 0.538. The van der Waals surface area contributed by atoms with E-state index in [1.165, 1.54) is 29.7 Å². The lowest BCUT2D eigenvalue weighted by Crippen LogP contribution is -3.13. The third-order valence-electron chi connectivity index (χ3n) is 6.11. The van der Waals surface area contributed by atoms with Gasteiger partial charge in [0.2, 0.25) is 5.91 Å². The zero-order chi connectivity index (χ0) is 21.6. The van der Waals surface area contributed by atoms with Crippen molar-refractivity contribution in [3.05, 3.63) is 70.1 Å². The molecule has 1 amide bonds. The summed E-state index contributed by atoms with van der Waals surface area (Å²) in [6, 6.07) is 15.6. The zero-order valence-electron chi connectivity index (χ0n) is 17.8. The first-order valence-electron chi connectivity index (χ1n) is 10.9. The smallest absolute Gasteiger partial charge is 0.272 e. The van der Waals surface area contributed by atoms with Crippen molar-refractivity contribution < 1.29 is 14.4 Å². The van der Waals surface area contributed by atoms with Crippen LogP contribution in [0.5, 0.6) is 5.75 Å². The molecule has 0 saturated carbocycles. The molecule has 3 aromatic rings. The highest BCUT2D eigenvalue weighted by Gasteiger charge is 2.26. The van der Waals surface area contributed by atoms with Gasteiger partial charge in [-0.2, -0.15) is 5.10 Å². The van der Waals surface area contributed by atoms with Crippen molar-refractivity contribution in [2.45, 2.75) is 31.7 Å². The van der Waals surface area contributed by atoms with Crippen LogP contribution in [0.1, 0.15) is 36.6 Å². The Morgan fingerprint density at radius 1 is 1.10 bits per heavy atom. The largest absolute Gasteiger partial charge is 0.497 e. The van der Waals surface area contributed by atoms with E-state index < -0.39 is 0 Å². The van der Waals surface area contributed by atoms with Gasteiger partial charge in [-0.25, -0.2) is 5.10 Å². The van der Waals surface area contributed by atoms with Crippen LogP contribution in [-0.4, -0.2) is 42.8 Å². The van der Waals surface area contributed by atoms with E-state index in [9.17, 15) is 9.59 Å². The molecule has 7 heteroatoms. The molecule has 2 aromatic carbocycles. The van der Waals surface area contributed by atoms with Crippen LogP contribution in [0, 0.1) is 0 Å². The maximum Gasteiger partial charge on any atom is 0.272 e. The summed E-state index contributed by atoms with van der Waals surface area (Å²) in [4.78, 5) is 26.3. The van der Waals surface area contributed by atoms with E-state index in [2.05, 4.69) is 27.6 Å². The molecule has 0 aliphatic carbocycles. The fraction of sp³-hybridized carbons (Fsp3) is 0.375. The van der Waals surface area contributed by atoms with Crippen LogP contribution < -0.4 is 20.5 Å². The topological polar surface area (TPSA) is 88.5 Å². The van der Waals surface area contributed by atoms with Crippen molar-refractivity contribution in [2.24, 2.45) is 0 Å². The van der Waals surface area contributed by atoms with Gasteiger partial charge in [0.15, 0.2) is 0 Å². The van der Waals surface area contributed by atoms with Crippen LogP contribution >= 0.6 is 0 Å². The molecule has 0 bridgehead atoms. The molecule has 1 atom stereocenters. The Kier molecular flexibility index (Phi) is 6.62. The number of piperidine rings is 1. The summed E-state index contributed by atoms with van der Waals surface area (Å²) in [5, 5.41) is 11.0. The van der Waals surface area contributed by atoms with Gasteiger partial charge < -0.3 is 15.0 Å². The van der Waals surface area contributed by atoms with Crippen molar-refractivity contribution >= 4 is 16.7 Å². The summed E-state index contributed by atoms with van der Waals surface area (Å²) in [6.45, 7) is 2.78. The third kappa shape index (κ3) is 4.94. The molecule has 1 aliphatic heterocycles. The Morgan fingerprint density at radius 2 is 1.81 bits per heavy atom. The molecular formula is C24H29N4O3+. The average molecular weight is 422 g/mol. The van der Waals surface area contributed by atoms with Crippen LogP contribution in [0.4, 0.5) is 0 Å². The number of carbonyl (C=O) groups is 1. The number of aromatic nitrogens is 2. The molecular weight excluding hydrogens is 392 g/mol. The van der Waals surface area contributed by atoms with E-state index in [4.69, 9.17) is 4.74 Å². The van der Waals surface area contributed by atoms with Crippen molar-refractivity contribution in [2.75, 3.05) is 26.7 Å². The van der Waals surface area contributed by atoms with E-state index in [0.29, 0.717) is 17.6 Å². The average Bonchev–Trinajstić information content (AvgIpc) is 2.82. The highest BCUT2D eigenvalue weighted by molar-refractivity contribution is 5.88. The maximum absolute atomic E-state index is 12.8. The van der Waals surface area contributed by atoms with Gasteiger partial charge in [-0.15, -0.1) is 0 Å². The summed E-state index contributed by atoms with van der Waals surface area (Å²) in [5.74, 6) is 0.732. The van der Waals surface area contributed by atoms with Gasteiger partial charge in [0.05, 0.1) is 44.2 Å². The normalized spacial score (nSPS) is 15.5. The molecule has 7 nitrogen and oxygen atoms in total. The summed E-state index contributed by atoms with van der Waals surface area (Å²) in [5.41, 5.74) is 1.54. The number of H-pyrrole nitrogens is 1. The van der Waals surface area contributed by atoms with E-state index >= 15 is 0 Å². The lowest BCUT2D eigenvalue weighted by Gasteiger charge is -2.32. The standard InChI is InChI=1S/C24H28N4O3/c1-31-18-11-9-17(10-12-18)22(28-13-5-2-6-14-28)16-25-23(29)15-21-19-7-3-4-8-20(19)24(30)27-26-21/h3-4,7-12,22H,2,5-6,13-16H2,1H3,(H,25,29)(H,27,30)/p+1/t22-/m1/s1. The second-order valence-corrected chi connectivity index (χ2v) is 8.07. The molecule has 1 aliphatic rings. The predicted molar refractivity (Wildman–Crippen MR) is 119 cm³/mol. The summed E-state index contributed by atoms with van der Waals surface area (Å²) in [7, 11) is 1.66. The number of aromatic amines is 1. The van der Waals surface area contributed by atoms with Crippen molar-refractivity contribution in [3.8, 4) is 5.75 Å². The second kappa shape index (κ2) is 9.75. The number of amides is 1. The van der Waals surface area contributed by atoms with Gasteiger partial charge in [0.1, 0.15) is 11.8 Å². The van der Waals surface area contributed by atoms with E-state index in [1.807, 2.05) is 30.3 Å². The van der Waals surface area contributed by atoms with Crippen molar-refractivity contribution in [1.82, 2.24) is 15.5 Å². The molecule has 1 fully saturated rings. The number of carbonyl (C=O) groups excluding carboxylic acids is 1. The molecule has 4 rings (SSSR count). The SMILES string of the molecule is COc1ccc([C@@H](CNC(=O)Cc2n[nH]c(=O)c3ccccc23)[NH+]2CCCCC2)cc1. The van der Waals surface area contributed by atoms with Gasteiger partial charge in [-0.3, -0.25) is 9.59 Å². The first-order valence-corrected chi connectivity index (χ1v) is 10.9. The van der Waals surface area contributed by atoms with Gasteiger partial charge in [-0.1, -0.05) is 18.2 Å². The fourth-order valence-electron chi connectivity index (χ4n) is 4.43. The van der Waals surface area contributed by atoms with Crippen molar-refractivity contribution in [1.29, 1.82) is 0 Å². The predicted octanol–water partition coefficient (Wildman–Crippen LogP) is 1.40. The minimum absolute atomic E-state index is 0.0976. The number of nitrogens with zero attached hydrogens (tertiary/aromatic N) is 1. The molecule has 0 unspecified atom stereocenters. The number of methoxy groups -OCH3 is 1. The van der Waals surface area contributed by atoms with Crippen LogP contribution in [-0.2, 0) is 11.2 Å². The number of quaternary nitrogens is 1. The minimum atomic E-state index is -0.243. The van der Waals surface area contributed by atoms with Gasteiger partial charge in [0, 0.05) is 10.9 Å². The minimum Gasteiger partial charge on any atom is -0.497 e. The molecule has 31 heavy (non-hydrogen) atoms. The molecule has 162 valence electrons. The van der Waals surface area contributed by atoms with Gasteiger partial charge in [0.25, 0.3) is 5.56 Å². The Labute approximate surface area is 181 Å². The molecule has 1 aromatic heterocycles. The monoisotopic (exact) mass is 421 g/mol. The number of fused-ring (bicyclic) bond motifs is 1. The first kappa shape index (κ1) is 21.1. The van der Waals surface area contributed by atoms with Crippen molar-refractivity contribution in [3.63, 3.8) is 0 Å². The molecule has 0 spiro atoms. The van der Waals surface area contributed by atoms with Gasteiger partial charge in [-0.05, 0) is 49.6 Å². The number of rotatable bonds is 7. The number of likely N-dealkylation sites (tertiary alicyclic amines) is 1. The summed E-state index contributed by atoms with van der Waals surface area (Å²) >= 11 is 0. The maximum atomic E-state index is 12.8. The van der Waals surface area contributed by atoms with Crippen LogP contribution in [0.2, 0.25) is 0 Å². The highest BCUT2D eigenvalue weighted by Crippen LogP contribution is 2.17. The van der Waals surface area contributed by atoms with Crippen LogP contribution in [0.3, 0.4) is 0 Å². The number of hydrogen-bond donors (Lipinski definition) is 3. The number of ether oxygens (including phenoxy) is 1. The summed E-state index contributed by atoms with van der Waals surface area (Å²) in [6.07, 6.45) is 3.82. The lowest BCUT2D eigenvalue weighted by molar-refractivity contribution is -0.935. The Balaban J connectivity index is 1.48. The number of benzene rings is 2. The molecule has 3 N–H and O–H groups in total. The highest BCUT2D eigenvalue weighted by atomic mass is 16.5. The Hall–Kier alpha value is -3.19. The van der Waals surface area contributed by atoms with Gasteiger partial charge >= 0.3 is 0 Å². The van der Waals surface area contributed by atoms with E-state index in [-0.39, 0.29) is 23.9 Å². The van der Waals surface area contributed by atoms with Crippen LogP contribution in [0.15, 0.2) is 53.3 Å². The molecule has 1 saturated heterocycles. The summed E-state index contributed by atoms with van der Waals surface area (Å²) < 4.78 is 5.29. The first-order chi connectivity index (χ1) is 15.2. The third-order valence-corrected chi connectivity index (χ3v) is 6.11. The number of nitrogens with one attached hydrogen (secondary N) is 3. The second-order valence-electron chi connectivity index (χ2n) is 8.07. The zero-order valence-corrected chi connectivity index (χ0v) is 17.8. The van der Waals surface area contributed by atoms with Crippen LogP contribution in [0.25, 0.3) is 10.8 Å². The Morgan fingerprint density at radius 3 is 2.52 bits per heavy atom. The van der Waals surface area contributed by atoms with E-state index in [1.54, 1.807) is 13.2 Å². The molecule has 0 radical (unpaired) electrons. The van der Waals surface area contributed by atoms with E-state index in [0.717, 1.165) is 24.2 Å². The lowest BCUT2D eigenvalue weighted by atomic mass is 10.0. The molecule has 2 heterocycles. The fourth-order valence-corrected chi connectivity index (χ4v) is 4.43. The number of hydrogen-bond acceptors (Lipinski definition) is 4. The Bertz CT molecular complexity index is 1090.